The van der Waals surface area contributed by atoms with Crippen molar-refractivity contribution in [2.24, 2.45) is 5.14 Å². The number of aliphatic hydroxyl groups is 1. The van der Waals surface area contributed by atoms with Gasteiger partial charge in [0.25, 0.3) is 0 Å². The molecule has 0 aliphatic carbocycles. The third kappa shape index (κ3) is 6.99. The van der Waals surface area contributed by atoms with E-state index in [1.54, 1.807) is 24.3 Å². The van der Waals surface area contributed by atoms with Crippen molar-refractivity contribution in [1.82, 2.24) is 10.2 Å². The second kappa shape index (κ2) is 9.14. The smallest absolute Gasteiger partial charge is 0.319 e. The number of piperidine rings is 1. The van der Waals surface area contributed by atoms with Gasteiger partial charge in [-0.2, -0.15) is 0 Å². The Kier molecular flexibility index (Phi) is 7.18. The molecule has 0 spiro atoms. The first kappa shape index (κ1) is 19.6. The van der Waals surface area contributed by atoms with Crippen LogP contribution < -0.4 is 15.8 Å². The van der Waals surface area contributed by atoms with Gasteiger partial charge in [0.15, 0.2) is 0 Å². The van der Waals surface area contributed by atoms with Gasteiger partial charge in [0.2, 0.25) is 10.0 Å². The number of rotatable bonds is 7. The number of hydrogen-bond donors (Lipinski definition) is 4. The Labute approximate surface area is 148 Å². The highest BCUT2D eigenvalue weighted by Crippen LogP contribution is 2.15. The van der Waals surface area contributed by atoms with Crippen molar-refractivity contribution >= 4 is 21.7 Å². The molecule has 140 valence electrons. The van der Waals surface area contributed by atoms with Crippen LogP contribution in [0.2, 0.25) is 0 Å². The summed E-state index contributed by atoms with van der Waals surface area (Å²) in [6, 6.07) is 6.38. The number of primary sulfonamides is 1. The molecule has 1 heterocycles. The van der Waals surface area contributed by atoms with Crippen LogP contribution in [0, 0.1) is 0 Å². The molecule has 1 fully saturated rings. The van der Waals surface area contributed by atoms with Gasteiger partial charge in [-0.1, -0.05) is 18.6 Å². The molecule has 5 N–H and O–H groups in total. The molecular formula is C16H26N4O4S. The van der Waals surface area contributed by atoms with Gasteiger partial charge in [0, 0.05) is 24.8 Å². The van der Waals surface area contributed by atoms with E-state index < -0.39 is 10.0 Å². The van der Waals surface area contributed by atoms with Gasteiger partial charge in [0.1, 0.15) is 0 Å². The van der Waals surface area contributed by atoms with E-state index in [1.807, 2.05) is 0 Å². The number of amides is 2. The summed E-state index contributed by atoms with van der Waals surface area (Å²) in [6.45, 7) is 2.23. The van der Waals surface area contributed by atoms with Crippen LogP contribution in [0.1, 0.15) is 24.8 Å². The van der Waals surface area contributed by atoms with E-state index in [2.05, 4.69) is 15.5 Å². The first-order valence-electron chi connectivity index (χ1n) is 8.36. The fourth-order valence-corrected chi connectivity index (χ4v) is 3.66. The van der Waals surface area contributed by atoms with Crippen molar-refractivity contribution in [2.75, 3.05) is 31.6 Å². The predicted octanol–water partition coefficient (Wildman–Crippen LogP) is 0.443. The van der Waals surface area contributed by atoms with Crippen molar-refractivity contribution in [1.29, 1.82) is 0 Å². The minimum absolute atomic E-state index is 0.142. The maximum Gasteiger partial charge on any atom is 0.319 e. The Morgan fingerprint density at radius 2 is 2.16 bits per heavy atom. The summed E-state index contributed by atoms with van der Waals surface area (Å²) in [5.41, 5.74) is 1.02. The van der Waals surface area contributed by atoms with E-state index in [0.29, 0.717) is 24.3 Å². The number of urea groups is 1. The lowest BCUT2D eigenvalue weighted by molar-refractivity contribution is 0.0917. The van der Waals surface area contributed by atoms with Crippen LogP contribution in [0.3, 0.4) is 0 Å². The summed E-state index contributed by atoms with van der Waals surface area (Å²) in [6.07, 6.45) is 3.23. The molecule has 0 radical (unpaired) electrons. The number of likely N-dealkylation sites (tertiary alicyclic amines) is 1. The monoisotopic (exact) mass is 370 g/mol. The molecule has 0 bridgehead atoms. The minimum Gasteiger partial charge on any atom is -0.395 e. The SMILES string of the molecule is NS(=O)(=O)Cc1cccc(NC(=O)NCCN2CCCC[C@@H]2CO)c1. The Morgan fingerprint density at radius 1 is 1.36 bits per heavy atom. The number of nitrogens with zero attached hydrogens (tertiary/aromatic N) is 1. The first-order valence-corrected chi connectivity index (χ1v) is 10.1. The third-order valence-electron chi connectivity index (χ3n) is 4.20. The molecule has 8 nitrogen and oxygen atoms in total. The van der Waals surface area contributed by atoms with Crippen LogP contribution in [-0.2, 0) is 15.8 Å². The summed E-state index contributed by atoms with van der Waals surface area (Å²) in [7, 11) is -3.61. The number of anilines is 1. The largest absolute Gasteiger partial charge is 0.395 e. The van der Waals surface area contributed by atoms with E-state index >= 15 is 0 Å². The number of carbonyl (C=O) groups is 1. The molecular weight excluding hydrogens is 344 g/mol. The third-order valence-corrected chi connectivity index (χ3v) is 4.93. The molecule has 0 aromatic heterocycles. The Morgan fingerprint density at radius 3 is 2.88 bits per heavy atom. The van der Waals surface area contributed by atoms with Crippen molar-refractivity contribution < 1.29 is 18.3 Å². The van der Waals surface area contributed by atoms with Crippen LogP contribution >= 0.6 is 0 Å². The van der Waals surface area contributed by atoms with Crippen LogP contribution in [-0.4, -0.2) is 56.7 Å². The van der Waals surface area contributed by atoms with Crippen LogP contribution in [0.15, 0.2) is 24.3 Å². The second-order valence-electron chi connectivity index (χ2n) is 6.26. The summed E-state index contributed by atoms with van der Waals surface area (Å²) in [5.74, 6) is -0.276. The Balaban J connectivity index is 1.79. The van der Waals surface area contributed by atoms with Gasteiger partial charge < -0.3 is 15.7 Å². The molecule has 1 saturated heterocycles. The number of sulfonamides is 1. The lowest BCUT2D eigenvalue weighted by Crippen LogP contribution is -2.46. The molecule has 1 aromatic rings. The van der Waals surface area contributed by atoms with Crippen LogP contribution in [0.4, 0.5) is 10.5 Å². The number of aliphatic hydroxyl groups excluding tert-OH is 1. The zero-order valence-electron chi connectivity index (χ0n) is 14.1. The van der Waals surface area contributed by atoms with E-state index in [4.69, 9.17) is 5.14 Å². The quantitative estimate of drug-likeness (QED) is 0.554. The average molecular weight is 370 g/mol. The molecule has 1 aromatic carbocycles. The van der Waals surface area contributed by atoms with Crippen molar-refractivity contribution in [3.8, 4) is 0 Å². The zero-order chi connectivity index (χ0) is 18.3. The lowest BCUT2D eigenvalue weighted by Gasteiger charge is -2.34. The standard InChI is InChI=1S/C16H26N4O4S/c17-25(23,24)12-13-4-3-5-14(10-13)19-16(22)18-7-9-20-8-2-1-6-15(20)11-21/h3-5,10,15,21H,1-2,6-9,11-12H2,(H2,17,23,24)(H2,18,19,22)/t15-/m1/s1. The number of hydrogen-bond acceptors (Lipinski definition) is 5. The molecule has 0 saturated carbocycles. The van der Waals surface area contributed by atoms with Crippen molar-refractivity contribution in [2.45, 2.75) is 31.1 Å². The molecule has 2 rings (SSSR count). The molecule has 25 heavy (non-hydrogen) atoms. The van der Waals surface area contributed by atoms with Gasteiger partial charge >= 0.3 is 6.03 Å². The first-order chi connectivity index (χ1) is 11.9. The molecule has 0 unspecified atom stereocenters. The van der Waals surface area contributed by atoms with Gasteiger partial charge in [0.05, 0.1) is 12.4 Å². The summed E-state index contributed by atoms with van der Waals surface area (Å²) in [5, 5.41) is 19.9. The van der Waals surface area contributed by atoms with E-state index in [9.17, 15) is 18.3 Å². The normalized spacial score (nSPS) is 18.7. The van der Waals surface area contributed by atoms with Crippen molar-refractivity contribution in [3.05, 3.63) is 29.8 Å². The highest BCUT2D eigenvalue weighted by atomic mass is 32.2. The van der Waals surface area contributed by atoms with Gasteiger partial charge in [-0.3, -0.25) is 4.90 Å². The topological polar surface area (TPSA) is 125 Å². The fraction of sp³-hybridized carbons (Fsp3) is 0.562. The minimum atomic E-state index is -3.61. The number of nitrogens with two attached hydrogens (primary N) is 1. The van der Waals surface area contributed by atoms with Gasteiger partial charge in [-0.25, -0.2) is 18.4 Å². The van der Waals surface area contributed by atoms with Gasteiger partial charge in [-0.15, -0.1) is 0 Å². The van der Waals surface area contributed by atoms with Crippen LogP contribution in [0.25, 0.3) is 0 Å². The summed E-state index contributed by atoms with van der Waals surface area (Å²) < 4.78 is 22.3. The average Bonchev–Trinajstić information content (AvgIpc) is 2.54. The number of benzene rings is 1. The van der Waals surface area contributed by atoms with Gasteiger partial charge in [-0.05, 0) is 37.1 Å². The fourth-order valence-electron chi connectivity index (χ4n) is 3.02. The summed E-state index contributed by atoms with van der Waals surface area (Å²) in [4.78, 5) is 14.2. The molecule has 1 atom stereocenters. The Hall–Kier alpha value is -1.68. The molecule has 1 aliphatic heterocycles. The zero-order valence-corrected chi connectivity index (χ0v) is 15.0. The van der Waals surface area contributed by atoms with Crippen molar-refractivity contribution in [3.63, 3.8) is 0 Å². The highest BCUT2D eigenvalue weighted by Gasteiger charge is 2.21. The highest BCUT2D eigenvalue weighted by molar-refractivity contribution is 7.88. The molecule has 9 heteroatoms. The van der Waals surface area contributed by atoms with Crippen LogP contribution in [0.5, 0.6) is 0 Å². The maximum absolute atomic E-state index is 12.0. The van der Waals surface area contributed by atoms with E-state index in [-0.39, 0.29) is 24.4 Å². The van der Waals surface area contributed by atoms with E-state index in [0.717, 1.165) is 25.8 Å². The maximum atomic E-state index is 12.0. The molecule has 2 amide bonds. The Bertz CT molecular complexity index is 680. The van der Waals surface area contributed by atoms with E-state index in [1.165, 1.54) is 0 Å². The lowest BCUT2D eigenvalue weighted by atomic mass is 10.0. The number of carbonyl (C=O) groups excluding carboxylic acids is 1. The predicted molar refractivity (Wildman–Crippen MR) is 96.6 cm³/mol. The summed E-state index contributed by atoms with van der Waals surface area (Å²) >= 11 is 0. The molecule has 1 aliphatic rings. The second-order valence-corrected chi connectivity index (χ2v) is 7.87. The number of nitrogens with one attached hydrogen (secondary N) is 2.